The molecule has 3 N–H and O–H groups in total. The molecular weight excluding hydrogens is 272 g/mol. The maximum absolute atomic E-state index is 12.0. The van der Waals surface area contributed by atoms with Gasteiger partial charge in [-0.3, -0.25) is 4.79 Å². The van der Waals surface area contributed by atoms with E-state index in [9.17, 15) is 13.2 Å². The van der Waals surface area contributed by atoms with Crippen LogP contribution in [0.15, 0.2) is 15.7 Å². The molecule has 0 spiro atoms. The minimum atomic E-state index is -3.75. The number of nitrogens with zero attached hydrogens (tertiary/aromatic N) is 1. The number of amides is 1. The van der Waals surface area contributed by atoms with Gasteiger partial charge < -0.3 is 15.2 Å². The standard InChI is InChI=1S/C10H16N4O4S/c1-11-19(16,17)8-6-18-14-9(8)10(15)13-7-2-4-12-5-3-7/h6-7,11-12H,2-5H2,1H3,(H,13,15). The number of hydrogen-bond acceptors (Lipinski definition) is 6. The van der Waals surface area contributed by atoms with Gasteiger partial charge in [-0.1, -0.05) is 5.16 Å². The normalized spacial score (nSPS) is 17.3. The van der Waals surface area contributed by atoms with E-state index in [-0.39, 0.29) is 16.6 Å². The molecule has 0 unspecified atom stereocenters. The molecule has 1 amide bonds. The van der Waals surface area contributed by atoms with Crippen LogP contribution >= 0.6 is 0 Å². The second-order valence-corrected chi connectivity index (χ2v) is 6.09. The van der Waals surface area contributed by atoms with Crippen LogP contribution in [0, 0.1) is 0 Å². The third-order valence-corrected chi connectivity index (χ3v) is 4.39. The number of sulfonamides is 1. The summed E-state index contributed by atoms with van der Waals surface area (Å²) in [7, 11) is -2.49. The van der Waals surface area contributed by atoms with Crippen LogP contribution in [-0.4, -0.2) is 45.7 Å². The third kappa shape index (κ3) is 3.11. The summed E-state index contributed by atoms with van der Waals surface area (Å²) in [5.74, 6) is -0.533. The van der Waals surface area contributed by atoms with E-state index in [2.05, 4.69) is 25.0 Å². The Morgan fingerprint density at radius 3 is 2.79 bits per heavy atom. The molecule has 0 saturated carbocycles. The zero-order valence-electron chi connectivity index (χ0n) is 10.5. The lowest BCUT2D eigenvalue weighted by molar-refractivity contribution is 0.0917. The molecule has 1 aliphatic rings. The van der Waals surface area contributed by atoms with Crippen molar-refractivity contribution in [3.8, 4) is 0 Å². The van der Waals surface area contributed by atoms with E-state index in [0.717, 1.165) is 32.2 Å². The molecule has 1 aromatic heterocycles. The number of nitrogens with one attached hydrogen (secondary N) is 3. The van der Waals surface area contributed by atoms with Gasteiger partial charge in [0.2, 0.25) is 10.0 Å². The topological polar surface area (TPSA) is 113 Å². The van der Waals surface area contributed by atoms with Gasteiger partial charge in [0.15, 0.2) is 10.6 Å². The highest BCUT2D eigenvalue weighted by molar-refractivity contribution is 7.89. The van der Waals surface area contributed by atoms with Crippen LogP contribution in [0.2, 0.25) is 0 Å². The van der Waals surface area contributed by atoms with E-state index < -0.39 is 15.9 Å². The van der Waals surface area contributed by atoms with Crippen LogP contribution in [-0.2, 0) is 10.0 Å². The lowest BCUT2D eigenvalue weighted by Crippen LogP contribution is -2.43. The van der Waals surface area contributed by atoms with Crippen LogP contribution in [0.25, 0.3) is 0 Å². The van der Waals surface area contributed by atoms with Gasteiger partial charge in [-0.05, 0) is 33.0 Å². The lowest BCUT2D eigenvalue weighted by Gasteiger charge is -2.23. The van der Waals surface area contributed by atoms with Crippen molar-refractivity contribution in [2.24, 2.45) is 0 Å². The smallest absolute Gasteiger partial charge is 0.275 e. The van der Waals surface area contributed by atoms with Crippen LogP contribution in [0.3, 0.4) is 0 Å². The second kappa shape index (κ2) is 5.68. The number of carbonyl (C=O) groups is 1. The van der Waals surface area contributed by atoms with Gasteiger partial charge in [-0.15, -0.1) is 0 Å². The van der Waals surface area contributed by atoms with Crippen LogP contribution < -0.4 is 15.4 Å². The Hall–Kier alpha value is -1.45. The highest BCUT2D eigenvalue weighted by atomic mass is 32.2. The quantitative estimate of drug-likeness (QED) is 0.659. The largest absolute Gasteiger partial charge is 0.362 e. The van der Waals surface area contributed by atoms with Crippen molar-refractivity contribution in [2.45, 2.75) is 23.8 Å². The number of rotatable bonds is 4. The summed E-state index contributed by atoms with van der Waals surface area (Å²) in [6.45, 7) is 1.65. The lowest BCUT2D eigenvalue weighted by atomic mass is 10.1. The fourth-order valence-electron chi connectivity index (χ4n) is 1.90. The van der Waals surface area contributed by atoms with E-state index in [4.69, 9.17) is 0 Å². The first-order valence-electron chi connectivity index (χ1n) is 5.94. The number of hydrogen-bond donors (Lipinski definition) is 3. The summed E-state index contributed by atoms with van der Waals surface area (Å²) in [6.07, 6.45) is 2.55. The molecule has 1 aromatic rings. The Bertz CT molecular complexity index is 548. The first-order valence-corrected chi connectivity index (χ1v) is 7.42. The average Bonchev–Trinajstić information content (AvgIpc) is 2.90. The molecule has 0 radical (unpaired) electrons. The first kappa shape index (κ1) is 14.0. The molecule has 0 bridgehead atoms. The molecule has 0 aromatic carbocycles. The fourth-order valence-corrected chi connectivity index (χ4v) is 2.68. The zero-order chi connectivity index (χ0) is 13.9. The number of aromatic nitrogens is 1. The second-order valence-electron chi connectivity index (χ2n) is 4.23. The summed E-state index contributed by atoms with van der Waals surface area (Å²) in [5, 5.41) is 9.41. The SMILES string of the molecule is CNS(=O)(=O)c1conc1C(=O)NC1CCNCC1. The first-order chi connectivity index (χ1) is 9.04. The van der Waals surface area contributed by atoms with E-state index in [1.165, 1.54) is 7.05 Å². The molecule has 0 aliphatic carbocycles. The van der Waals surface area contributed by atoms with Gasteiger partial charge in [0.05, 0.1) is 0 Å². The molecule has 2 rings (SSSR count). The predicted octanol–water partition coefficient (Wildman–Crippen LogP) is -0.935. The van der Waals surface area contributed by atoms with Gasteiger partial charge in [-0.25, -0.2) is 13.1 Å². The molecule has 2 heterocycles. The molecule has 8 nitrogen and oxygen atoms in total. The minimum absolute atomic E-state index is 0.0237. The predicted molar refractivity (Wildman–Crippen MR) is 66.1 cm³/mol. The van der Waals surface area contributed by atoms with Crippen molar-refractivity contribution >= 4 is 15.9 Å². The molecule has 9 heteroatoms. The molecule has 1 fully saturated rings. The van der Waals surface area contributed by atoms with Gasteiger partial charge in [-0.2, -0.15) is 0 Å². The number of piperidine rings is 1. The molecular formula is C10H16N4O4S. The Morgan fingerprint density at radius 2 is 2.16 bits per heavy atom. The Morgan fingerprint density at radius 1 is 1.47 bits per heavy atom. The van der Waals surface area contributed by atoms with Gasteiger partial charge >= 0.3 is 0 Å². The molecule has 106 valence electrons. The van der Waals surface area contributed by atoms with Crippen molar-refractivity contribution in [3.05, 3.63) is 12.0 Å². The van der Waals surface area contributed by atoms with Gasteiger partial charge in [0.1, 0.15) is 6.26 Å². The van der Waals surface area contributed by atoms with Crippen LogP contribution in [0.5, 0.6) is 0 Å². The zero-order valence-corrected chi connectivity index (χ0v) is 11.3. The fraction of sp³-hybridized carbons (Fsp3) is 0.600. The van der Waals surface area contributed by atoms with Crippen molar-refractivity contribution in [1.29, 1.82) is 0 Å². The van der Waals surface area contributed by atoms with Gasteiger partial charge in [0, 0.05) is 6.04 Å². The molecule has 19 heavy (non-hydrogen) atoms. The summed E-state index contributed by atoms with van der Waals surface area (Å²) in [6, 6.07) is 0.0237. The van der Waals surface area contributed by atoms with E-state index >= 15 is 0 Å². The average molecular weight is 288 g/mol. The van der Waals surface area contributed by atoms with Crippen molar-refractivity contribution in [3.63, 3.8) is 0 Å². The minimum Gasteiger partial charge on any atom is -0.362 e. The monoisotopic (exact) mass is 288 g/mol. The highest BCUT2D eigenvalue weighted by Gasteiger charge is 2.27. The summed E-state index contributed by atoms with van der Waals surface area (Å²) < 4.78 is 30.1. The number of carbonyl (C=O) groups excluding carboxylic acids is 1. The Labute approximate surface area is 111 Å². The van der Waals surface area contributed by atoms with Gasteiger partial charge in [0.25, 0.3) is 5.91 Å². The molecule has 1 saturated heterocycles. The summed E-state index contributed by atoms with van der Waals surface area (Å²) >= 11 is 0. The Balaban J connectivity index is 2.14. The van der Waals surface area contributed by atoms with E-state index in [1.54, 1.807) is 0 Å². The van der Waals surface area contributed by atoms with Crippen LogP contribution in [0.1, 0.15) is 23.3 Å². The highest BCUT2D eigenvalue weighted by Crippen LogP contribution is 2.14. The maximum Gasteiger partial charge on any atom is 0.275 e. The van der Waals surface area contributed by atoms with E-state index in [1.807, 2.05) is 0 Å². The van der Waals surface area contributed by atoms with Crippen molar-refractivity contribution in [1.82, 2.24) is 20.5 Å². The van der Waals surface area contributed by atoms with E-state index in [0.29, 0.717) is 0 Å². The van der Waals surface area contributed by atoms with Crippen molar-refractivity contribution < 1.29 is 17.7 Å². The summed E-state index contributed by atoms with van der Waals surface area (Å²) in [4.78, 5) is 11.8. The summed E-state index contributed by atoms with van der Waals surface area (Å²) in [5.41, 5.74) is -0.215. The molecule has 0 atom stereocenters. The van der Waals surface area contributed by atoms with Crippen molar-refractivity contribution in [2.75, 3.05) is 20.1 Å². The van der Waals surface area contributed by atoms with Crippen LogP contribution in [0.4, 0.5) is 0 Å². The third-order valence-electron chi connectivity index (χ3n) is 2.98. The Kier molecular flexibility index (Phi) is 4.17. The molecule has 1 aliphatic heterocycles. The maximum atomic E-state index is 12.0.